The third-order valence-electron chi connectivity index (χ3n) is 8.23. The molecular formula is C29H32N6O3. The van der Waals surface area contributed by atoms with Crippen molar-refractivity contribution in [2.75, 3.05) is 26.3 Å². The van der Waals surface area contributed by atoms with Crippen LogP contribution in [0.2, 0.25) is 0 Å². The van der Waals surface area contributed by atoms with Gasteiger partial charge in [0.2, 0.25) is 5.91 Å². The molecule has 1 amide bonds. The molecule has 2 aromatic rings. The summed E-state index contributed by atoms with van der Waals surface area (Å²) < 4.78 is 14.0. The zero-order valence-corrected chi connectivity index (χ0v) is 21.4. The summed E-state index contributed by atoms with van der Waals surface area (Å²) in [6.07, 6.45) is 11.5. The third kappa shape index (κ3) is 3.84. The smallest absolute Gasteiger partial charge is 0.240 e. The monoisotopic (exact) mass is 512 g/mol. The SMILES string of the molecule is NC(=O)[C@@H]1CCCN1C1=COCC2=C3C1=CN=C(c1ccc(-c4ccnn4C4CCCCO4)cc1)N3CC2. The Kier molecular flexibility index (Phi) is 5.80. The lowest BCUT2D eigenvalue weighted by molar-refractivity contribution is -0.121. The van der Waals surface area contributed by atoms with Crippen molar-refractivity contribution in [1.82, 2.24) is 19.6 Å². The predicted octanol–water partition coefficient (Wildman–Crippen LogP) is 3.67. The normalized spacial score (nSPS) is 24.9. The molecule has 38 heavy (non-hydrogen) atoms. The molecule has 9 nitrogen and oxygen atoms in total. The van der Waals surface area contributed by atoms with Gasteiger partial charge in [-0.25, -0.2) is 9.67 Å². The number of hydrogen-bond donors (Lipinski definition) is 1. The van der Waals surface area contributed by atoms with Crippen LogP contribution in [0.25, 0.3) is 11.3 Å². The average molecular weight is 513 g/mol. The summed E-state index contributed by atoms with van der Waals surface area (Å²) in [6.45, 7) is 2.96. The lowest BCUT2D eigenvalue weighted by Crippen LogP contribution is -2.41. The molecule has 1 aromatic carbocycles. The molecule has 196 valence electrons. The van der Waals surface area contributed by atoms with Crippen LogP contribution in [0.4, 0.5) is 0 Å². The van der Waals surface area contributed by atoms with E-state index in [2.05, 4.69) is 45.2 Å². The summed E-state index contributed by atoms with van der Waals surface area (Å²) in [5.74, 6) is 0.644. The van der Waals surface area contributed by atoms with Crippen LogP contribution in [-0.2, 0) is 14.3 Å². The summed E-state index contributed by atoms with van der Waals surface area (Å²) in [5, 5.41) is 4.57. The zero-order chi connectivity index (χ0) is 25.6. The molecule has 0 spiro atoms. The van der Waals surface area contributed by atoms with Gasteiger partial charge in [-0.05, 0) is 55.7 Å². The van der Waals surface area contributed by atoms with Crippen LogP contribution >= 0.6 is 0 Å². The molecule has 0 aliphatic carbocycles. The highest BCUT2D eigenvalue weighted by molar-refractivity contribution is 6.02. The summed E-state index contributed by atoms with van der Waals surface area (Å²) in [6, 6.07) is 10.3. The number of aliphatic imine (C=N–C) groups is 1. The number of ether oxygens (including phenoxy) is 2. The van der Waals surface area contributed by atoms with Gasteiger partial charge in [-0.15, -0.1) is 0 Å². The summed E-state index contributed by atoms with van der Waals surface area (Å²) in [4.78, 5) is 21.5. The van der Waals surface area contributed by atoms with Crippen LogP contribution in [0.1, 0.15) is 50.3 Å². The van der Waals surface area contributed by atoms with Crippen molar-refractivity contribution >= 4 is 11.7 Å². The molecule has 2 atom stereocenters. The van der Waals surface area contributed by atoms with Crippen molar-refractivity contribution in [2.24, 2.45) is 10.7 Å². The molecule has 5 aliphatic heterocycles. The number of amidine groups is 1. The molecule has 0 radical (unpaired) electrons. The van der Waals surface area contributed by atoms with E-state index in [1.807, 2.05) is 17.1 Å². The third-order valence-corrected chi connectivity index (χ3v) is 8.23. The molecule has 6 heterocycles. The van der Waals surface area contributed by atoms with E-state index in [-0.39, 0.29) is 18.2 Å². The number of primary amides is 1. The van der Waals surface area contributed by atoms with Crippen LogP contribution in [0.3, 0.4) is 0 Å². The molecule has 2 N–H and O–H groups in total. The molecule has 5 aliphatic rings. The lowest BCUT2D eigenvalue weighted by atomic mass is 10.0. The van der Waals surface area contributed by atoms with Crippen molar-refractivity contribution in [3.05, 3.63) is 77.1 Å². The number of carbonyl (C=O) groups excluding carboxylic acids is 1. The molecule has 9 heteroatoms. The van der Waals surface area contributed by atoms with Crippen LogP contribution < -0.4 is 5.73 Å². The number of rotatable bonds is 5. The number of nitrogens with two attached hydrogens (primary N) is 1. The summed E-state index contributed by atoms with van der Waals surface area (Å²) in [7, 11) is 0. The first kappa shape index (κ1) is 23.3. The Morgan fingerprint density at radius 1 is 1.03 bits per heavy atom. The Morgan fingerprint density at radius 3 is 2.71 bits per heavy atom. The van der Waals surface area contributed by atoms with Crippen LogP contribution in [-0.4, -0.2) is 63.7 Å². The maximum Gasteiger partial charge on any atom is 0.240 e. The fourth-order valence-electron chi connectivity index (χ4n) is 6.37. The van der Waals surface area contributed by atoms with E-state index in [0.717, 1.165) is 97.8 Å². The number of hydrogen-bond acceptors (Lipinski definition) is 7. The van der Waals surface area contributed by atoms with E-state index in [0.29, 0.717) is 6.61 Å². The van der Waals surface area contributed by atoms with Gasteiger partial charge in [0.25, 0.3) is 0 Å². The molecule has 2 saturated heterocycles. The largest absolute Gasteiger partial charge is 0.495 e. The Hall–Kier alpha value is -3.85. The van der Waals surface area contributed by atoms with Crippen LogP contribution in [0.5, 0.6) is 0 Å². The van der Waals surface area contributed by atoms with Gasteiger partial charge in [-0.2, -0.15) is 5.10 Å². The second kappa shape index (κ2) is 9.47. The molecule has 0 bridgehead atoms. The average Bonchev–Trinajstić information content (AvgIpc) is 3.70. The highest BCUT2D eigenvalue weighted by Crippen LogP contribution is 2.41. The number of benzene rings is 1. The van der Waals surface area contributed by atoms with Crippen molar-refractivity contribution in [3.8, 4) is 11.3 Å². The van der Waals surface area contributed by atoms with Crippen molar-refractivity contribution in [1.29, 1.82) is 0 Å². The minimum atomic E-state index is -0.312. The fraction of sp³-hybridized carbons (Fsp3) is 0.414. The zero-order valence-electron chi connectivity index (χ0n) is 21.4. The molecular weight excluding hydrogens is 480 g/mol. The van der Waals surface area contributed by atoms with E-state index >= 15 is 0 Å². The molecule has 1 unspecified atom stereocenters. The Bertz CT molecular complexity index is 1380. The predicted molar refractivity (Wildman–Crippen MR) is 142 cm³/mol. The van der Waals surface area contributed by atoms with Gasteiger partial charge < -0.3 is 25.0 Å². The first-order valence-electron chi connectivity index (χ1n) is 13.6. The van der Waals surface area contributed by atoms with E-state index in [4.69, 9.17) is 20.2 Å². The Balaban J connectivity index is 1.20. The topological polar surface area (TPSA) is 98.2 Å². The number of aromatic nitrogens is 2. The number of amides is 1. The maximum atomic E-state index is 12.1. The van der Waals surface area contributed by atoms with Gasteiger partial charge in [0, 0.05) is 43.2 Å². The standard InChI is InChI=1S/C29H32N6O3/c30-28(36)24-4-3-13-33(24)25-18-37-17-21-11-14-34-27(21)22(25)16-31-29(34)20-8-6-19(7-9-20)23-10-12-32-35(23)26-5-1-2-15-38-26/h6-10,12,16,18,24,26H,1-5,11,13-15,17H2,(H2,30,36)/t24-,26?/m0/s1. The van der Waals surface area contributed by atoms with Gasteiger partial charge in [0.1, 0.15) is 24.7 Å². The van der Waals surface area contributed by atoms with E-state index in [9.17, 15) is 4.79 Å². The second-order valence-corrected chi connectivity index (χ2v) is 10.5. The first-order chi connectivity index (χ1) is 18.7. The van der Waals surface area contributed by atoms with Crippen molar-refractivity contribution in [3.63, 3.8) is 0 Å². The number of carbonyl (C=O) groups is 1. The van der Waals surface area contributed by atoms with E-state index in [1.165, 1.54) is 5.57 Å². The first-order valence-corrected chi connectivity index (χ1v) is 13.6. The summed E-state index contributed by atoms with van der Waals surface area (Å²) in [5.41, 5.74) is 13.3. The van der Waals surface area contributed by atoms with Gasteiger partial charge in [0.15, 0.2) is 6.23 Å². The second-order valence-electron chi connectivity index (χ2n) is 10.5. The fourth-order valence-corrected chi connectivity index (χ4v) is 6.37. The number of likely N-dealkylation sites (tertiary alicyclic amines) is 1. The molecule has 1 aromatic heterocycles. The van der Waals surface area contributed by atoms with Crippen LogP contribution in [0.15, 0.2) is 76.5 Å². The molecule has 0 saturated carbocycles. The van der Waals surface area contributed by atoms with E-state index in [1.54, 1.807) is 6.26 Å². The van der Waals surface area contributed by atoms with Crippen molar-refractivity contribution < 1.29 is 14.3 Å². The van der Waals surface area contributed by atoms with Gasteiger partial charge in [-0.3, -0.25) is 4.79 Å². The van der Waals surface area contributed by atoms with E-state index < -0.39 is 0 Å². The maximum absolute atomic E-state index is 12.1. The molecule has 7 rings (SSSR count). The van der Waals surface area contributed by atoms with Crippen molar-refractivity contribution in [2.45, 2.75) is 50.8 Å². The van der Waals surface area contributed by atoms with Crippen LogP contribution in [0, 0.1) is 0 Å². The molecule has 2 fully saturated rings. The highest BCUT2D eigenvalue weighted by Gasteiger charge is 2.39. The minimum Gasteiger partial charge on any atom is -0.495 e. The minimum absolute atomic E-state index is 0.000799. The van der Waals surface area contributed by atoms with Gasteiger partial charge >= 0.3 is 0 Å². The highest BCUT2D eigenvalue weighted by atomic mass is 16.5. The number of nitrogens with zero attached hydrogens (tertiary/aromatic N) is 5. The Labute approximate surface area is 221 Å². The van der Waals surface area contributed by atoms with Gasteiger partial charge in [0.05, 0.1) is 17.1 Å². The lowest BCUT2D eigenvalue weighted by Gasteiger charge is -2.33. The quantitative estimate of drug-likeness (QED) is 0.657. The Morgan fingerprint density at radius 2 is 1.89 bits per heavy atom. The summed E-state index contributed by atoms with van der Waals surface area (Å²) >= 11 is 0. The van der Waals surface area contributed by atoms with Gasteiger partial charge in [-0.1, -0.05) is 24.3 Å².